The lowest BCUT2D eigenvalue weighted by Gasteiger charge is -2.09. The third-order valence-electron chi connectivity index (χ3n) is 2.30. The van der Waals surface area contributed by atoms with Crippen LogP contribution in [-0.2, 0) is 11.3 Å². The normalized spacial score (nSPS) is 12.4. The molecule has 1 aromatic heterocycles. The van der Waals surface area contributed by atoms with Gasteiger partial charge < -0.3 is 20.6 Å². The molecule has 1 heterocycles. The van der Waals surface area contributed by atoms with E-state index in [0.29, 0.717) is 17.9 Å². The van der Waals surface area contributed by atoms with E-state index in [0.717, 1.165) is 0 Å². The smallest absolute Gasteiger partial charge is 0.372 e. The molecule has 0 radical (unpaired) electrons. The lowest BCUT2D eigenvalue weighted by molar-refractivity contribution is -0.118. The Bertz CT molecular complexity index is 425. The van der Waals surface area contributed by atoms with Gasteiger partial charge in [-0.15, -0.1) is 0 Å². The number of carbonyl (C=O) groups excluding carboxylic acids is 1. The number of carboxylic acids is 1. The summed E-state index contributed by atoms with van der Waals surface area (Å²) in [7, 11) is 0. The summed E-state index contributed by atoms with van der Waals surface area (Å²) < 4.78 is 5.15. The second-order valence-corrected chi connectivity index (χ2v) is 3.98. The summed E-state index contributed by atoms with van der Waals surface area (Å²) in [5, 5.41) is 11.8. The van der Waals surface area contributed by atoms with Gasteiger partial charge in [0, 0.05) is 18.0 Å². The van der Waals surface area contributed by atoms with Crippen LogP contribution in [0.15, 0.2) is 10.5 Å². The van der Waals surface area contributed by atoms with E-state index in [1.165, 1.54) is 0 Å². The molecule has 0 fully saturated rings. The van der Waals surface area contributed by atoms with Crippen LogP contribution in [0.2, 0.25) is 0 Å². The predicted octanol–water partition coefficient (Wildman–Crippen LogP) is 0.640. The van der Waals surface area contributed by atoms with E-state index in [1.807, 2.05) is 6.92 Å². The summed E-state index contributed by atoms with van der Waals surface area (Å²) in [6.45, 7) is 3.85. The Hall–Kier alpha value is -1.82. The number of nitrogens with one attached hydrogen (secondary N) is 1. The van der Waals surface area contributed by atoms with Gasteiger partial charge in [0.05, 0.1) is 6.54 Å². The van der Waals surface area contributed by atoms with Crippen molar-refractivity contribution in [2.75, 3.05) is 0 Å². The molecular weight excluding hydrogens is 224 g/mol. The first-order valence-electron chi connectivity index (χ1n) is 5.24. The van der Waals surface area contributed by atoms with Gasteiger partial charge in [-0.2, -0.15) is 0 Å². The van der Waals surface area contributed by atoms with Gasteiger partial charge in [-0.3, -0.25) is 4.79 Å². The summed E-state index contributed by atoms with van der Waals surface area (Å²) in [6.07, 6.45) is 0.228. The van der Waals surface area contributed by atoms with Gasteiger partial charge in [-0.1, -0.05) is 0 Å². The van der Waals surface area contributed by atoms with Crippen molar-refractivity contribution in [3.8, 4) is 0 Å². The van der Waals surface area contributed by atoms with E-state index in [2.05, 4.69) is 5.32 Å². The molecule has 1 unspecified atom stereocenters. The average Bonchev–Trinajstić information content (AvgIpc) is 2.56. The molecule has 0 saturated heterocycles. The molecule has 94 valence electrons. The third kappa shape index (κ3) is 3.92. The molecule has 4 N–H and O–H groups in total. The highest BCUT2D eigenvalue weighted by molar-refractivity contribution is 5.86. The Kier molecular flexibility index (Phi) is 4.28. The molecule has 0 spiro atoms. The molecule has 0 saturated carbocycles. The summed E-state index contributed by atoms with van der Waals surface area (Å²) in [4.78, 5) is 21.4. The number of hydrogen-bond acceptors (Lipinski definition) is 4. The second-order valence-electron chi connectivity index (χ2n) is 3.98. The third-order valence-corrected chi connectivity index (χ3v) is 2.30. The Morgan fingerprint density at radius 3 is 2.71 bits per heavy atom. The lowest BCUT2D eigenvalue weighted by atomic mass is 10.2. The Balaban J connectivity index is 2.55. The summed E-state index contributed by atoms with van der Waals surface area (Å²) >= 11 is 0. The molecule has 0 aliphatic carbocycles. The maximum absolute atomic E-state index is 10.7. The van der Waals surface area contributed by atoms with Crippen LogP contribution in [0.25, 0.3) is 0 Å². The zero-order chi connectivity index (χ0) is 13.0. The molecule has 0 aliphatic rings. The number of rotatable bonds is 6. The highest BCUT2D eigenvalue weighted by atomic mass is 16.4. The highest BCUT2D eigenvalue weighted by Gasteiger charge is 2.14. The molecule has 1 rings (SSSR count). The van der Waals surface area contributed by atoms with Crippen molar-refractivity contribution in [3.05, 3.63) is 23.2 Å². The number of amides is 1. The Labute approximate surface area is 98.8 Å². The van der Waals surface area contributed by atoms with Crippen molar-refractivity contribution in [1.29, 1.82) is 0 Å². The van der Waals surface area contributed by atoms with E-state index in [4.69, 9.17) is 15.3 Å². The fourth-order valence-electron chi connectivity index (χ4n) is 1.50. The van der Waals surface area contributed by atoms with Crippen LogP contribution in [0, 0.1) is 6.92 Å². The first-order valence-corrected chi connectivity index (χ1v) is 5.24. The van der Waals surface area contributed by atoms with Gasteiger partial charge >= 0.3 is 5.97 Å². The number of aryl methyl sites for hydroxylation is 1. The van der Waals surface area contributed by atoms with Crippen LogP contribution in [0.3, 0.4) is 0 Å². The minimum absolute atomic E-state index is 0.0515. The number of carbonyl (C=O) groups is 2. The van der Waals surface area contributed by atoms with E-state index in [9.17, 15) is 9.59 Å². The standard InChI is InChI=1S/C11H16N2O4/c1-6-3-8(17-10(6)11(15)16)5-13-7(2)4-9(12)14/h3,7,13H,4-5H2,1-2H3,(H2,12,14)(H,15,16). The number of hydrogen-bond donors (Lipinski definition) is 3. The number of aromatic carboxylic acids is 1. The molecule has 6 heteroatoms. The molecule has 1 amide bonds. The van der Waals surface area contributed by atoms with E-state index in [1.54, 1.807) is 13.0 Å². The van der Waals surface area contributed by atoms with Crippen molar-refractivity contribution >= 4 is 11.9 Å². The predicted molar refractivity (Wildman–Crippen MR) is 60.5 cm³/mol. The highest BCUT2D eigenvalue weighted by Crippen LogP contribution is 2.14. The summed E-state index contributed by atoms with van der Waals surface area (Å²) in [5.74, 6) is -0.994. The lowest BCUT2D eigenvalue weighted by Crippen LogP contribution is -2.30. The fourth-order valence-corrected chi connectivity index (χ4v) is 1.50. The minimum Gasteiger partial charge on any atom is -0.475 e. The second kappa shape index (κ2) is 5.49. The van der Waals surface area contributed by atoms with Gasteiger partial charge in [-0.25, -0.2) is 4.79 Å². The van der Waals surface area contributed by atoms with Crippen LogP contribution in [0.5, 0.6) is 0 Å². The first kappa shape index (κ1) is 13.2. The molecule has 6 nitrogen and oxygen atoms in total. The minimum atomic E-state index is -1.08. The maximum Gasteiger partial charge on any atom is 0.372 e. The summed E-state index contributed by atoms with van der Waals surface area (Å²) in [5.41, 5.74) is 5.63. The molecule has 1 aromatic rings. The summed E-state index contributed by atoms with van der Waals surface area (Å²) in [6, 6.07) is 1.58. The fraction of sp³-hybridized carbons (Fsp3) is 0.455. The van der Waals surface area contributed by atoms with E-state index < -0.39 is 5.97 Å². The maximum atomic E-state index is 10.7. The van der Waals surface area contributed by atoms with Crippen LogP contribution in [0.1, 0.15) is 35.2 Å². The first-order chi connectivity index (χ1) is 7.90. The number of carboxylic acid groups (broad SMARTS) is 1. The molecule has 0 aromatic carbocycles. The molecule has 1 atom stereocenters. The number of furan rings is 1. The van der Waals surface area contributed by atoms with E-state index in [-0.39, 0.29) is 24.1 Å². The van der Waals surface area contributed by atoms with E-state index >= 15 is 0 Å². The Morgan fingerprint density at radius 1 is 1.59 bits per heavy atom. The van der Waals surface area contributed by atoms with Crippen molar-refractivity contribution in [3.63, 3.8) is 0 Å². The van der Waals surface area contributed by atoms with Crippen molar-refractivity contribution in [2.24, 2.45) is 5.73 Å². The monoisotopic (exact) mass is 240 g/mol. The average molecular weight is 240 g/mol. The van der Waals surface area contributed by atoms with Gasteiger partial charge in [0.2, 0.25) is 11.7 Å². The van der Waals surface area contributed by atoms with Crippen molar-refractivity contribution < 1.29 is 19.1 Å². The topological polar surface area (TPSA) is 106 Å². The zero-order valence-electron chi connectivity index (χ0n) is 9.82. The molecule has 0 aliphatic heterocycles. The SMILES string of the molecule is Cc1cc(CNC(C)CC(N)=O)oc1C(=O)O. The molecule has 0 bridgehead atoms. The van der Waals surface area contributed by atoms with Gasteiger partial charge in [0.25, 0.3) is 0 Å². The van der Waals surface area contributed by atoms with Crippen LogP contribution in [0.4, 0.5) is 0 Å². The van der Waals surface area contributed by atoms with Gasteiger partial charge in [0.1, 0.15) is 5.76 Å². The number of primary amides is 1. The molecular formula is C11H16N2O4. The largest absolute Gasteiger partial charge is 0.475 e. The van der Waals surface area contributed by atoms with Crippen LogP contribution in [-0.4, -0.2) is 23.0 Å². The van der Waals surface area contributed by atoms with Gasteiger partial charge in [0.15, 0.2) is 0 Å². The van der Waals surface area contributed by atoms with Crippen LogP contribution < -0.4 is 11.1 Å². The van der Waals surface area contributed by atoms with Crippen molar-refractivity contribution in [2.45, 2.75) is 32.9 Å². The molecule has 17 heavy (non-hydrogen) atoms. The van der Waals surface area contributed by atoms with Gasteiger partial charge in [-0.05, 0) is 19.9 Å². The number of nitrogens with two attached hydrogens (primary N) is 1. The van der Waals surface area contributed by atoms with Crippen molar-refractivity contribution in [1.82, 2.24) is 5.32 Å². The van der Waals surface area contributed by atoms with Crippen LogP contribution >= 0.6 is 0 Å². The Morgan fingerprint density at radius 2 is 2.24 bits per heavy atom. The zero-order valence-corrected chi connectivity index (χ0v) is 9.82. The quantitative estimate of drug-likeness (QED) is 0.676.